The van der Waals surface area contributed by atoms with Gasteiger partial charge >= 0.3 is 0 Å². The number of fused-ring (bicyclic) bond motifs is 7. The van der Waals surface area contributed by atoms with Gasteiger partial charge < -0.3 is 21.5 Å². The van der Waals surface area contributed by atoms with Gasteiger partial charge in [-0.1, -0.05) is 58.9 Å². The Hall–Kier alpha value is -3.19. The quantitative estimate of drug-likeness (QED) is 0.206. The Morgan fingerprint density at radius 1 is 0.904 bits per heavy atom. The number of hydrogen-bond acceptors (Lipinski definition) is 5. The van der Waals surface area contributed by atoms with Crippen molar-refractivity contribution in [1.29, 1.82) is 0 Å². The number of aliphatic hydroxyl groups excluding tert-OH is 1. The van der Waals surface area contributed by atoms with Crippen LogP contribution in [0, 0.1) is 56.7 Å². The Labute approximate surface area is 312 Å². The summed E-state index contributed by atoms with van der Waals surface area (Å²) in [5, 5.41) is 17.5. The van der Waals surface area contributed by atoms with E-state index in [0.29, 0.717) is 60.4 Å². The molecule has 2 aromatic rings. The Balaban J connectivity index is 1.06. The standard InChI is InChI=1S/C45H64N4O3/c1-28(2)33-15-21-45(40(52)47-24-18-29-9-8-10-30(25-29)39(51)49-27-32-12-11-31(46)26-48-32)23-22-43(6)34(38(33)45)13-14-36-42(5)19-17-37(50)41(3,4)35(42)16-20-44(36,43)7/h8-12,25-26,33-38,50H,1,13-24,27,46H2,2-7H3,(H,47,52)(H,49,51)/t33-,34?,35?,36?,37?,38?,42?,43+,44?,45?/m0/s1. The van der Waals surface area contributed by atoms with Crippen molar-refractivity contribution in [2.24, 2.45) is 56.7 Å². The number of aliphatic hydroxyl groups is 1. The van der Waals surface area contributed by atoms with Gasteiger partial charge in [-0.15, -0.1) is 0 Å². The number of amides is 2. The average molecular weight is 709 g/mol. The van der Waals surface area contributed by atoms with Gasteiger partial charge in [0.05, 0.1) is 35.6 Å². The summed E-state index contributed by atoms with van der Waals surface area (Å²) in [7, 11) is 0. The largest absolute Gasteiger partial charge is 0.397 e. The number of nitrogen functional groups attached to an aromatic ring is 1. The highest BCUT2D eigenvalue weighted by atomic mass is 16.3. The number of carbonyl (C=O) groups is 2. The van der Waals surface area contributed by atoms with Crippen molar-refractivity contribution < 1.29 is 14.7 Å². The number of nitrogens with one attached hydrogen (secondary N) is 2. The molecule has 5 aliphatic rings. The van der Waals surface area contributed by atoms with Crippen molar-refractivity contribution in [1.82, 2.24) is 15.6 Å². The topological polar surface area (TPSA) is 117 Å². The number of hydrogen-bond donors (Lipinski definition) is 4. The first-order valence-electron chi connectivity index (χ1n) is 20.3. The second-order valence-electron chi connectivity index (χ2n) is 19.2. The molecule has 0 spiro atoms. The molecule has 5 saturated carbocycles. The monoisotopic (exact) mass is 708 g/mol. The molecule has 0 saturated heterocycles. The van der Waals surface area contributed by atoms with E-state index in [1.807, 2.05) is 30.3 Å². The molecule has 5 N–H and O–H groups in total. The Morgan fingerprint density at radius 3 is 2.42 bits per heavy atom. The zero-order valence-corrected chi connectivity index (χ0v) is 32.7. The molecule has 1 aromatic heterocycles. The van der Waals surface area contributed by atoms with E-state index >= 15 is 0 Å². The number of aromatic nitrogens is 1. The zero-order chi connectivity index (χ0) is 37.3. The van der Waals surface area contributed by atoms with Crippen LogP contribution in [-0.2, 0) is 17.8 Å². The maximum Gasteiger partial charge on any atom is 0.251 e. The molecule has 8 unspecified atom stereocenters. The molecular formula is C45H64N4O3. The van der Waals surface area contributed by atoms with Gasteiger partial charge in [0.2, 0.25) is 5.91 Å². The molecule has 7 rings (SSSR count). The summed E-state index contributed by atoms with van der Waals surface area (Å²) in [4.78, 5) is 31.9. The number of rotatable bonds is 8. The molecule has 1 aromatic carbocycles. The minimum Gasteiger partial charge on any atom is -0.397 e. The summed E-state index contributed by atoms with van der Waals surface area (Å²) in [6, 6.07) is 11.3. The molecule has 5 fully saturated rings. The van der Waals surface area contributed by atoms with Gasteiger partial charge in [0.25, 0.3) is 5.91 Å². The SMILES string of the molecule is C=C(C)[C@@H]1CCC2(C(=O)NCCc3cccc(C(=O)NCc4ccc(N)cn4)c3)CC[C@]3(C)C(CCC4C5(C)CCC(O)C(C)(C)C5CCC43C)C12. The lowest BCUT2D eigenvalue weighted by Gasteiger charge is -2.72. The third-order valence-corrected chi connectivity index (χ3v) is 16.7. The van der Waals surface area contributed by atoms with Crippen molar-refractivity contribution in [3.63, 3.8) is 0 Å². The second kappa shape index (κ2) is 13.3. The van der Waals surface area contributed by atoms with Crippen molar-refractivity contribution in [3.8, 4) is 0 Å². The first-order chi connectivity index (χ1) is 24.6. The van der Waals surface area contributed by atoms with Crippen LogP contribution in [0.15, 0.2) is 54.7 Å². The highest BCUT2D eigenvalue weighted by Crippen LogP contribution is 2.77. The second-order valence-corrected chi connectivity index (χ2v) is 19.2. The minimum absolute atomic E-state index is 0.0496. The van der Waals surface area contributed by atoms with E-state index in [1.54, 1.807) is 12.3 Å². The fraction of sp³-hybridized carbons (Fsp3) is 0.667. The summed E-state index contributed by atoms with van der Waals surface area (Å²) < 4.78 is 0. The van der Waals surface area contributed by atoms with E-state index < -0.39 is 0 Å². The van der Waals surface area contributed by atoms with E-state index in [4.69, 9.17) is 5.73 Å². The van der Waals surface area contributed by atoms with E-state index in [2.05, 4.69) is 63.7 Å². The number of benzene rings is 1. The lowest BCUT2D eigenvalue weighted by atomic mass is 9.32. The van der Waals surface area contributed by atoms with E-state index in [1.165, 1.54) is 31.3 Å². The fourth-order valence-corrected chi connectivity index (χ4v) is 13.7. The van der Waals surface area contributed by atoms with Crippen LogP contribution in [0.5, 0.6) is 0 Å². The molecule has 7 heteroatoms. The van der Waals surface area contributed by atoms with Crippen molar-refractivity contribution in [2.45, 2.75) is 125 Å². The molecule has 10 atom stereocenters. The van der Waals surface area contributed by atoms with Crippen LogP contribution < -0.4 is 16.4 Å². The van der Waals surface area contributed by atoms with Gasteiger partial charge in [-0.2, -0.15) is 0 Å². The van der Waals surface area contributed by atoms with Crippen LogP contribution in [0.1, 0.15) is 127 Å². The number of nitrogens with two attached hydrogens (primary N) is 1. The number of anilines is 1. The molecule has 282 valence electrons. The van der Waals surface area contributed by atoms with Gasteiger partial charge in [-0.25, -0.2) is 0 Å². The molecule has 2 amide bonds. The smallest absolute Gasteiger partial charge is 0.251 e. The highest BCUT2D eigenvalue weighted by Gasteiger charge is 2.71. The van der Waals surface area contributed by atoms with Crippen LogP contribution in [0.4, 0.5) is 5.69 Å². The molecule has 1 heterocycles. The van der Waals surface area contributed by atoms with Gasteiger partial charge in [0, 0.05) is 12.1 Å². The molecule has 0 radical (unpaired) electrons. The van der Waals surface area contributed by atoms with Gasteiger partial charge in [-0.05, 0) is 159 Å². The Morgan fingerprint density at radius 2 is 1.69 bits per heavy atom. The molecule has 5 aliphatic carbocycles. The summed E-state index contributed by atoms with van der Waals surface area (Å²) in [5.74, 6) is 2.47. The summed E-state index contributed by atoms with van der Waals surface area (Å²) >= 11 is 0. The highest BCUT2D eigenvalue weighted by molar-refractivity contribution is 5.94. The third-order valence-electron chi connectivity index (χ3n) is 16.7. The summed E-state index contributed by atoms with van der Waals surface area (Å²) in [6.07, 6.45) is 13.0. The van der Waals surface area contributed by atoms with Crippen molar-refractivity contribution in [2.75, 3.05) is 12.3 Å². The molecule has 0 bridgehead atoms. The Kier molecular flexibility index (Phi) is 9.49. The lowest BCUT2D eigenvalue weighted by molar-refractivity contribution is -0.246. The van der Waals surface area contributed by atoms with Crippen LogP contribution in [0.3, 0.4) is 0 Å². The molecule has 7 nitrogen and oxygen atoms in total. The molecule has 0 aliphatic heterocycles. The Bertz CT molecular complexity index is 1700. The number of pyridine rings is 1. The maximum atomic E-state index is 14.6. The first-order valence-corrected chi connectivity index (χ1v) is 20.3. The summed E-state index contributed by atoms with van der Waals surface area (Å²) in [5.41, 5.74) is 10.2. The van der Waals surface area contributed by atoms with Crippen molar-refractivity contribution in [3.05, 3.63) is 71.6 Å². The third kappa shape index (κ3) is 5.74. The fourth-order valence-electron chi connectivity index (χ4n) is 13.7. The van der Waals surface area contributed by atoms with Crippen LogP contribution in [-0.4, -0.2) is 34.6 Å². The van der Waals surface area contributed by atoms with Gasteiger partial charge in [-0.3, -0.25) is 14.6 Å². The van der Waals surface area contributed by atoms with E-state index in [9.17, 15) is 14.7 Å². The number of carbonyl (C=O) groups excluding carboxylic acids is 2. The zero-order valence-electron chi connectivity index (χ0n) is 32.7. The van der Waals surface area contributed by atoms with Crippen LogP contribution in [0.25, 0.3) is 0 Å². The van der Waals surface area contributed by atoms with Gasteiger partial charge in [0.1, 0.15) is 0 Å². The maximum absolute atomic E-state index is 14.6. The normalized spacial score (nSPS) is 38.9. The minimum atomic E-state index is -0.354. The lowest BCUT2D eigenvalue weighted by Crippen LogP contribution is -2.67. The van der Waals surface area contributed by atoms with E-state index in [-0.39, 0.29) is 45.0 Å². The predicted octanol–water partition coefficient (Wildman–Crippen LogP) is 8.27. The molecule has 52 heavy (non-hydrogen) atoms. The predicted molar refractivity (Wildman–Crippen MR) is 208 cm³/mol. The number of nitrogens with zero attached hydrogens (tertiary/aromatic N) is 1. The van der Waals surface area contributed by atoms with E-state index in [0.717, 1.165) is 49.8 Å². The van der Waals surface area contributed by atoms with Crippen LogP contribution >= 0.6 is 0 Å². The molecular weight excluding hydrogens is 645 g/mol. The van der Waals surface area contributed by atoms with Gasteiger partial charge in [0.15, 0.2) is 0 Å². The first kappa shape index (κ1) is 37.1. The number of allylic oxidation sites excluding steroid dienone is 1. The average Bonchev–Trinajstić information content (AvgIpc) is 3.52. The van der Waals surface area contributed by atoms with Crippen molar-refractivity contribution >= 4 is 17.5 Å². The van der Waals surface area contributed by atoms with Crippen LogP contribution in [0.2, 0.25) is 0 Å². The summed E-state index contributed by atoms with van der Waals surface area (Å²) in [6.45, 7) is 20.1.